The molecule has 0 amide bonds. The van der Waals surface area contributed by atoms with Crippen molar-refractivity contribution < 1.29 is 22.4 Å². The first-order chi connectivity index (χ1) is 11.8. The molecule has 3 rings (SSSR count). The molecule has 132 valence electrons. The van der Waals surface area contributed by atoms with E-state index in [4.69, 9.17) is 20.9 Å². The van der Waals surface area contributed by atoms with Gasteiger partial charge in [-0.05, 0) is 18.2 Å². The maximum Gasteiger partial charge on any atom is 0.433 e. The smallest absolute Gasteiger partial charge is 0.433 e. The molecule has 0 radical (unpaired) electrons. The largest absolute Gasteiger partial charge is 0.480 e. The molecule has 25 heavy (non-hydrogen) atoms. The van der Waals surface area contributed by atoms with Gasteiger partial charge in [-0.15, -0.1) is 0 Å². The van der Waals surface area contributed by atoms with Crippen LogP contribution in [0.2, 0.25) is 5.15 Å². The highest BCUT2D eigenvalue weighted by molar-refractivity contribution is 6.29. The quantitative estimate of drug-likeness (QED) is 0.699. The van der Waals surface area contributed by atoms with Crippen LogP contribution in [0.1, 0.15) is 17.3 Å². The highest BCUT2D eigenvalue weighted by Gasteiger charge is 2.33. The van der Waals surface area contributed by atoms with Gasteiger partial charge in [-0.1, -0.05) is 16.8 Å². The molecule has 0 aliphatic rings. The molecule has 7 nitrogen and oxygen atoms in total. The minimum absolute atomic E-state index is 0.0649. The highest BCUT2D eigenvalue weighted by atomic mass is 35.5. The van der Waals surface area contributed by atoms with Crippen LogP contribution < -0.4 is 4.74 Å². The van der Waals surface area contributed by atoms with Crippen LogP contribution in [0.25, 0.3) is 11.4 Å². The Morgan fingerprint density at radius 1 is 1.28 bits per heavy atom. The fourth-order valence-electron chi connectivity index (χ4n) is 2.10. The Morgan fingerprint density at radius 3 is 2.64 bits per heavy atom. The van der Waals surface area contributed by atoms with Crippen molar-refractivity contribution in [3.8, 4) is 17.3 Å². The predicted molar refractivity (Wildman–Crippen MR) is 80.1 cm³/mol. The van der Waals surface area contributed by atoms with Crippen LogP contribution in [0.4, 0.5) is 13.2 Å². The van der Waals surface area contributed by atoms with Gasteiger partial charge in [0.1, 0.15) is 10.8 Å². The van der Waals surface area contributed by atoms with Gasteiger partial charge in [0.05, 0.1) is 24.8 Å². The van der Waals surface area contributed by atoms with E-state index in [0.717, 1.165) is 6.07 Å². The van der Waals surface area contributed by atoms with E-state index in [9.17, 15) is 13.2 Å². The fourth-order valence-corrected chi connectivity index (χ4v) is 2.27. The second kappa shape index (κ2) is 6.36. The third kappa shape index (κ3) is 3.58. The standard InChI is InChI=1S/C14H11ClF3N5O2/c1-23-10(15)5-7(21-23)6-11-20-12(22-25-11)8-3-4-9(14(16,17)18)19-13(8)24-2/h3-5H,6H2,1-2H3. The number of aryl methyl sites for hydroxylation is 1. The number of alkyl halides is 3. The molecule has 0 saturated heterocycles. The summed E-state index contributed by atoms with van der Waals surface area (Å²) in [6.45, 7) is 0. The molecule has 0 bridgehead atoms. The maximum absolute atomic E-state index is 12.7. The van der Waals surface area contributed by atoms with Gasteiger partial charge in [0.15, 0.2) is 0 Å². The van der Waals surface area contributed by atoms with Gasteiger partial charge in [0.2, 0.25) is 17.6 Å². The van der Waals surface area contributed by atoms with E-state index in [1.165, 1.54) is 17.9 Å². The van der Waals surface area contributed by atoms with E-state index in [0.29, 0.717) is 10.8 Å². The predicted octanol–water partition coefficient (Wildman–Crippen LogP) is 3.14. The van der Waals surface area contributed by atoms with E-state index in [1.54, 1.807) is 13.1 Å². The summed E-state index contributed by atoms with van der Waals surface area (Å²) >= 11 is 5.91. The van der Waals surface area contributed by atoms with E-state index in [-0.39, 0.29) is 29.6 Å². The third-order valence-electron chi connectivity index (χ3n) is 3.26. The molecule has 0 N–H and O–H groups in total. The zero-order valence-electron chi connectivity index (χ0n) is 13.0. The Labute approximate surface area is 144 Å². The molecule has 0 aliphatic carbocycles. The van der Waals surface area contributed by atoms with Crippen molar-refractivity contribution in [2.75, 3.05) is 7.11 Å². The van der Waals surface area contributed by atoms with E-state index < -0.39 is 11.9 Å². The summed E-state index contributed by atoms with van der Waals surface area (Å²) in [7, 11) is 2.90. The topological polar surface area (TPSA) is 78.9 Å². The second-order valence-electron chi connectivity index (χ2n) is 5.02. The number of rotatable bonds is 4. The van der Waals surface area contributed by atoms with Crippen molar-refractivity contribution in [3.63, 3.8) is 0 Å². The highest BCUT2D eigenvalue weighted by Crippen LogP contribution is 2.33. The number of hydrogen-bond donors (Lipinski definition) is 0. The maximum atomic E-state index is 12.7. The van der Waals surface area contributed by atoms with Gasteiger partial charge in [0, 0.05) is 7.05 Å². The van der Waals surface area contributed by atoms with Crippen LogP contribution in [0.15, 0.2) is 22.7 Å². The number of halogens is 4. The summed E-state index contributed by atoms with van der Waals surface area (Å²) in [6, 6.07) is 3.65. The van der Waals surface area contributed by atoms with Crippen molar-refractivity contribution in [1.29, 1.82) is 0 Å². The minimum Gasteiger partial charge on any atom is -0.480 e. The Balaban J connectivity index is 1.89. The van der Waals surface area contributed by atoms with Crippen LogP contribution in [0.5, 0.6) is 5.88 Å². The van der Waals surface area contributed by atoms with Gasteiger partial charge < -0.3 is 9.26 Å². The number of pyridine rings is 1. The second-order valence-corrected chi connectivity index (χ2v) is 5.41. The summed E-state index contributed by atoms with van der Waals surface area (Å²) < 4.78 is 49.7. The normalized spacial score (nSPS) is 11.8. The summed E-state index contributed by atoms with van der Waals surface area (Å²) in [5, 5.41) is 8.36. The Hall–Kier alpha value is -2.62. The monoisotopic (exact) mass is 373 g/mol. The van der Waals surface area contributed by atoms with E-state index in [2.05, 4.69) is 20.2 Å². The molecule has 3 aromatic rings. The minimum atomic E-state index is -4.58. The van der Waals surface area contributed by atoms with Crippen molar-refractivity contribution in [2.45, 2.75) is 12.6 Å². The van der Waals surface area contributed by atoms with Crippen molar-refractivity contribution in [2.24, 2.45) is 7.05 Å². The molecule has 0 saturated carbocycles. The number of hydrogen-bond acceptors (Lipinski definition) is 6. The molecular weight excluding hydrogens is 363 g/mol. The number of nitrogens with zero attached hydrogens (tertiary/aromatic N) is 5. The lowest BCUT2D eigenvalue weighted by atomic mass is 10.2. The van der Waals surface area contributed by atoms with Gasteiger partial charge >= 0.3 is 6.18 Å². The third-order valence-corrected chi connectivity index (χ3v) is 3.61. The SMILES string of the molecule is COc1nc(C(F)(F)F)ccc1-c1noc(Cc2cc(Cl)n(C)n2)n1. The lowest BCUT2D eigenvalue weighted by Gasteiger charge is -2.09. The first-order valence-corrected chi connectivity index (χ1v) is 7.29. The van der Waals surface area contributed by atoms with E-state index in [1.807, 2.05) is 0 Å². The van der Waals surface area contributed by atoms with Gasteiger partial charge in [-0.3, -0.25) is 4.68 Å². The average molecular weight is 374 g/mol. The zero-order valence-corrected chi connectivity index (χ0v) is 13.8. The fraction of sp³-hybridized carbons (Fsp3) is 0.286. The molecule has 3 aromatic heterocycles. The Morgan fingerprint density at radius 2 is 2.04 bits per heavy atom. The van der Waals surface area contributed by atoms with Crippen LogP contribution in [0.3, 0.4) is 0 Å². The lowest BCUT2D eigenvalue weighted by molar-refractivity contribution is -0.141. The average Bonchev–Trinajstić information content (AvgIpc) is 3.13. The molecular formula is C14H11ClF3N5O2. The molecule has 0 aliphatic heterocycles. The number of aromatic nitrogens is 5. The zero-order chi connectivity index (χ0) is 18.2. The number of methoxy groups -OCH3 is 1. The van der Waals surface area contributed by atoms with Crippen LogP contribution in [-0.4, -0.2) is 32.0 Å². The lowest BCUT2D eigenvalue weighted by Crippen LogP contribution is -2.09. The molecule has 0 aromatic carbocycles. The van der Waals surface area contributed by atoms with Crippen molar-refractivity contribution in [3.05, 3.63) is 40.6 Å². The Kier molecular flexibility index (Phi) is 4.38. The van der Waals surface area contributed by atoms with Crippen LogP contribution >= 0.6 is 11.6 Å². The van der Waals surface area contributed by atoms with Crippen molar-refractivity contribution in [1.82, 2.24) is 24.9 Å². The molecule has 0 fully saturated rings. The number of ether oxygens (including phenoxy) is 1. The first-order valence-electron chi connectivity index (χ1n) is 6.91. The van der Waals surface area contributed by atoms with Gasteiger partial charge in [0.25, 0.3) is 0 Å². The molecule has 0 atom stereocenters. The van der Waals surface area contributed by atoms with Crippen molar-refractivity contribution >= 4 is 11.6 Å². The summed E-state index contributed by atoms with van der Waals surface area (Å²) in [5.41, 5.74) is -0.273. The summed E-state index contributed by atoms with van der Waals surface area (Å²) in [4.78, 5) is 7.59. The summed E-state index contributed by atoms with van der Waals surface area (Å²) in [5.74, 6) is 0.0462. The first kappa shape index (κ1) is 17.2. The van der Waals surface area contributed by atoms with Crippen LogP contribution in [-0.2, 0) is 19.6 Å². The molecule has 3 heterocycles. The van der Waals surface area contributed by atoms with Gasteiger partial charge in [-0.2, -0.15) is 23.3 Å². The molecule has 0 spiro atoms. The molecule has 11 heteroatoms. The van der Waals surface area contributed by atoms with Crippen LogP contribution in [0, 0.1) is 0 Å². The Bertz CT molecular complexity index is 887. The van der Waals surface area contributed by atoms with E-state index >= 15 is 0 Å². The molecule has 0 unspecified atom stereocenters. The summed E-state index contributed by atoms with van der Waals surface area (Å²) in [6.07, 6.45) is -4.35. The van der Waals surface area contributed by atoms with Gasteiger partial charge in [-0.25, -0.2) is 4.98 Å².